The molecule has 1 N–H and O–H groups in total. The van der Waals surface area contributed by atoms with Crippen molar-refractivity contribution >= 4 is 52.6 Å². The fourth-order valence-electron chi connectivity index (χ4n) is 1.99. The molecule has 27 heavy (non-hydrogen) atoms. The van der Waals surface area contributed by atoms with Crippen LogP contribution in [0.2, 0.25) is 10.0 Å². The third kappa shape index (κ3) is 5.50. The molecule has 0 aliphatic rings. The normalized spacial score (nSPS) is 11.2. The van der Waals surface area contributed by atoms with Gasteiger partial charge in [-0.1, -0.05) is 29.3 Å². The van der Waals surface area contributed by atoms with Crippen molar-refractivity contribution in [1.82, 2.24) is 5.32 Å². The first-order valence-corrected chi connectivity index (χ1v) is 8.65. The van der Waals surface area contributed by atoms with E-state index in [9.17, 15) is 27.2 Å². The van der Waals surface area contributed by atoms with E-state index in [4.69, 9.17) is 23.2 Å². The summed E-state index contributed by atoms with van der Waals surface area (Å²) in [5.41, 5.74) is -4.95. The number of hydrogen-bond donors (Lipinski definition) is 1. The van der Waals surface area contributed by atoms with Gasteiger partial charge in [0.15, 0.2) is 0 Å². The first-order valence-electron chi connectivity index (χ1n) is 7.08. The van der Waals surface area contributed by atoms with Crippen molar-refractivity contribution in [2.75, 3.05) is 11.9 Å². The lowest BCUT2D eigenvalue weighted by molar-refractivity contribution is -0.0328. The summed E-state index contributed by atoms with van der Waals surface area (Å²) in [7, 11) is 1.15. The van der Waals surface area contributed by atoms with Crippen LogP contribution in [0.4, 0.5) is 28.0 Å². The molecule has 0 atom stereocenters. The number of nitrogens with zero attached hydrogens (tertiary/aromatic N) is 1. The lowest BCUT2D eigenvalue weighted by Crippen LogP contribution is -2.41. The molecule has 2 aromatic rings. The Bertz CT molecular complexity index is 893. The van der Waals surface area contributed by atoms with Gasteiger partial charge in [0.05, 0.1) is 21.3 Å². The lowest BCUT2D eigenvalue weighted by Gasteiger charge is -2.19. The Morgan fingerprint density at radius 1 is 1.15 bits per heavy atom. The molecule has 0 fully saturated rings. The maximum absolute atomic E-state index is 14.1. The van der Waals surface area contributed by atoms with Crippen molar-refractivity contribution < 1.29 is 27.2 Å². The summed E-state index contributed by atoms with van der Waals surface area (Å²) in [5, 5.41) is 2.04. The average molecular weight is 441 g/mol. The van der Waals surface area contributed by atoms with Gasteiger partial charge in [0.25, 0.3) is 5.91 Å². The first kappa shape index (κ1) is 21.3. The Hall–Kier alpha value is -1.97. The molecule has 0 aliphatic heterocycles. The molecule has 144 valence electrons. The summed E-state index contributed by atoms with van der Waals surface area (Å²) in [4.78, 5) is 24.7. The van der Waals surface area contributed by atoms with Gasteiger partial charge in [-0.05, 0) is 42.1 Å². The highest BCUT2D eigenvalue weighted by Gasteiger charge is 2.30. The Labute approximate surface area is 165 Å². The minimum atomic E-state index is -4.57. The quantitative estimate of drug-likeness (QED) is 0.489. The molecule has 2 aromatic carbocycles. The second-order valence-corrected chi connectivity index (χ2v) is 7.00. The topological polar surface area (TPSA) is 49.4 Å². The van der Waals surface area contributed by atoms with Gasteiger partial charge >= 0.3 is 11.5 Å². The highest BCUT2D eigenvalue weighted by molar-refractivity contribution is 8.00. The molecular formula is C16H10Cl2F4N2O2S. The largest absolute Gasteiger partial charge is 0.446 e. The van der Waals surface area contributed by atoms with E-state index >= 15 is 0 Å². The maximum Gasteiger partial charge on any atom is 0.446 e. The molecule has 11 heteroatoms. The lowest BCUT2D eigenvalue weighted by atomic mass is 10.2. The van der Waals surface area contributed by atoms with E-state index in [-0.39, 0.29) is 26.2 Å². The number of carbonyl (C=O) groups excluding carboxylic acids is 2. The second kappa shape index (κ2) is 8.37. The van der Waals surface area contributed by atoms with Crippen LogP contribution in [-0.2, 0) is 0 Å². The van der Waals surface area contributed by atoms with Crippen LogP contribution < -0.4 is 10.2 Å². The van der Waals surface area contributed by atoms with Crippen LogP contribution in [-0.4, -0.2) is 24.5 Å². The summed E-state index contributed by atoms with van der Waals surface area (Å²) in [5.74, 6) is -1.93. The van der Waals surface area contributed by atoms with Crippen molar-refractivity contribution in [2.45, 2.75) is 10.4 Å². The molecule has 2 rings (SSSR count). The summed E-state index contributed by atoms with van der Waals surface area (Å²) in [6, 6.07) is 5.88. The number of thioether (sulfide) groups is 1. The monoisotopic (exact) mass is 440 g/mol. The van der Waals surface area contributed by atoms with E-state index in [0.717, 1.165) is 24.1 Å². The van der Waals surface area contributed by atoms with Gasteiger partial charge in [-0.3, -0.25) is 15.0 Å². The van der Waals surface area contributed by atoms with Crippen molar-refractivity contribution in [3.63, 3.8) is 0 Å². The zero-order valence-electron chi connectivity index (χ0n) is 13.4. The number of benzene rings is 2. The van der Waals surface area contributed by atoms with E-state index in [0.29, 0.717) is 6.07 Å². The molecule has 0 unspecified atom stereocenters. The van der Waals surface area contributed by atoms with Crippen LogP contribution in [0.5, 0.6) is 0 Å². The zero-order valence-corrected chi connectivity index (χ0v) is 15.7. The number of imide groups is 1. The van der Waals surface area contributed by atoms with Crippen molar-refractivity contribution in [2.24, 2.45) is 0 Å². The number of halogens is 6. The maximum atomic E-state index is 14.1. The van der Waals surface area contributed by atoms with Crippen LogP contribution in [0, 0.1) is 5.82 Å². The average Bonchev–Trinajstić information content (AvgIpc) is 2.55. The number of anilines is 1. The van der Waals surface area contributed by atoms with Crippen LogP contribution in [0.3, 0.4) is 0 Å². The molecule has 3 amide bonds. The second-order valence-electron chi connectivity index (χ2n) is 5.08. The summed E-state index contributed by atoms with van der Waals surface area (Å²) < 4.78 is 51.1. The minimum Gasteiger partial charge on any atom is -0.294 e. The predicted octanol–water partition coefficient (Wildman–Crippen LogP) is 5.73. The minimum absolute atomic E-state index is 0.0631. The van der Waals surface area contributed by atoms with Gasteiger partial charge in [0.2, 0.25) is 0 Å². The molecule has 0 aliphatic carbocycles. The van der Waals surface area contributed by atoms with Gasteiger partial charge in [-0.15, -0.1) is 0 Å². The number of carbonyl (C=O) groups is 2. The van der Waals surface area contributed by atoms with Gasteiger partial charge in [-0.2, -0.15) is 13.2 Å². The molecule has 0 bridgehead atoms. The Morgan fingerprint density at radius 2 is 1.81 bits per heavy atom. The number of amides is 3. The fraction of sp³-hybridized carbons (Fsp3) is 0.125. The predicted molar refractivity (Wildman–Crippen MR) is 96.0 cm³/mol. The molecule has 0 spiro atoms. The number of hydrogen-bond acceptors (Lipinski definition) is 3. The van der Waals surface area contributed by atoms with E-state index in [1.165, 1.54) is 18.2 Å². The highest BCUT2D eigenvalue weighted by Crippen LogP contribution is 2.38. The third-order valence-corrected chi connectivity index (χ3v) is 4.78. The van der Waals surface area contributed by atoms with Crippen molar-refractivity contribution in [1.29, 1.82) is 0 Å². The number of nitrogens with one attached hydrogen (secondary N) is 1. The van der Waals surface area contributed by atoms with E-state index < -0.39 is 35.0 Å². The molecular weight excluding hydrogens is 431 g/mol. The van der Waals surface area contributed by atoms with Crippen LogP contribution in [0.15, 0.2) is 41.3 Å². The Morgan fingerprint density at radius 3 is 2.41 bits per heavy atom. The van der Waals surface area contributed by atoms with Crippen LogP contribution in [0.25, 0.3) is 0 Å². The molecule has 4 nitrogen and oxygen atoms in total. The molecule has 0 radical (unpaired) electrons. The summed E-state index contributed by atoms with van der Waals surface area (Å²) >= 11 is 11.2. The molecule has 0 saturated heterocycles. The van der Waals surface area contributed by atoms with Gasteiger partial charge in [0, 0.05) is 11.9 Å². The number of urea groups is 1. The smallest absolute Gasteiger partial charge is 0.294 e. The standard InChI is InChI=1S/C16H10Cl2F4N2O2S/c1-24(12-6-5-8(7-11(12)19)27-16(20,21)22)15(26)23-14(25)9-3-2-4-10(17)13(9)18/h2-7H,1H3,(H,23,25,26). The van der Waals surface area contributed by atoms with Gasteiger partial charge in [0.1, 0.15) is 5.82 Å². The molecule has 0 saturated carbocycles. The van der Waals surface area contributed by atoms with E-state index in [1.54, 1.807) is 0 Å². The fourth-order valence-corrected chi connectivity index (χ4v) is 2.95. The highest BCUT2D eigenvalue weighted by atomic mass is 35.5. The molecule has 0 heterocycles. The Kier molecular flexibility index (Phi) is 6.61. The molecule has 0 aromatic heterocycles. The Balaban J connectivity index is 2.15. The van der Waals surface area contributed by atoms with Crippen LogP contribution in [0.1, 0.15) is 10.4 Å². The van der Waals surface area contributed by atoms with Crippen molar-refractivity contribution in [3.05, 3.63) is 57.8 Å². The van der Waals surface area contributed by atoms with E-state index in [2.05, 4.69) is 0 Å². The van der Waals surface area contributed by atoms with Gasteiger partial charge < -0.3 is 0 Å². The van der Waals surface area contributed by atoms with Crippen LogP contribution >= 0.6 is 35.0 Å². The summed E-state index contributed by atoms with van der Waals surface area (Å²) in [6.07, 6.45) is 0. The zero-order chi connectivity index (χ0) is 20.4. The van der Waals surface area contributed by atoms with Crippen molar-refractivity contribution in [3.8, 4) is 0 Å². The first-order chi connectivity index (χ1) is 12.5. The van der Waals surface area contributed by atoms with Gasteiger partial charge in [-0.25, -0.2) is 9.18 Å². The SMILES string of the molecule is CN(C(=O)NC(=O)c1cccc(Cl)c1Cl)c1ccc(SC(F)(F)F)cc1F. The number of alkyl halides is 3. The third-order valence-electron chi connectivity index (χ3n) is 3.24. The summed E-state index contributed by atoms with van der Waals surface area (Å²) in [6.45, 7) is 0. The van der Waals surface area contributed by atoms with E-state index in [1.807, 2.05) is 5.32 Å². The number of rotatable bonds is 3.